The third-order valence-electron chi connectivity index (χ3n) is 1.68. The number of carboxylic acid groups (broad SMARTS) is 1. The van der Waals surface area contributed by atoms with Crippen LogP contribution in [0.15, 0.2) is 12.3 Å². The molecule has 0 saturated heterocycles. The van der Waals surface area contributed by atoms with Crippen molar-refractivity contribution in [3.63, 3.8) is 0 Å². The highest BCUT2D eigenvalue weighted by Gasteiger charge is 2.10. The van der Waals surface area contributed by atoms with Crippen LogP contribution in [0.4, 0.5) is 0 Å². The molecular weight excluding hydrogens is 202 g/mol. The first-order chi connectivity index (χ1) is 6.66. The molecule has 0 aliphatic heterocycles. The van der Waals surface area contributed by atoms with Crippen LogP contribution in [0.2, 0.25) is 0 Å². The molecule has 5 nitrogen and oxygen atoms in total. The van der Waals surface area contributed by atoms with E-state index < -0.39 is 5.97 Å². The van der Waals surface area contributed by atoms with E-state index in [9.17, 15) is 4.79 Å². The molecule has 2 N–H and O–H groups in total. The molecule has 0 atom stereocenters. The molecule has 0 unspecified atom stereocenters. The van der Waals surface area contributed by atoms with Crippen molar-refractivity contribution in [2.75, 3.05) is 0 Å². The van der Waals surface area contributed by atoms with E-state index in [1.165, 1.54) is 17.4 Å². The van der Waals surface area contributed by atoms with Crippen molar-refractivity contribution in [3.8, 4) is 10.6 Å². The first-order valence-electron chi connectivity index (χ1n) is 3.88. The number of rotatable bonds is 2. The number of thiazole rings is 1. The summed E-state index contributed by atoms with van der Waals surface area (Å²) in [4.78, 5) is 15.5. The molecule has 0 fully saturated rings. The van der Waals surface area contributed by atoms with E-state index in [0.717, 1.165) is 9.88 Å². The predicted octanol–water partition coefficient (Wildman–Crippen LogP) is 1.54. The van der Waals surface area contributed by atoms with Gasteiger partial charge in [-0.05, 0) is 13.0 Å². The fourth-order valence-corrected chi connectivity index (χ4v) is 1.79. The molecule has 2 aromatic heterocycles. The number of nitrogens with zero attached hydrogens (tertiary/aromatic N) is 2. The second-order valence-electron chi connectivity index (χ2n) is 2.72. The lowest BCUT2D eigenvalue weighted by atomic mass is 10.3. The normalized spacial score (nSPS) is 10.4. The number of aromatic nitrogens is 3. The lowest BCUT2D eigenvalue weighted by molar-refractivity contribution is 0.0690. The molecule has 0 saturated carbocycles. The van der Waals surface area contributed by atoms with Crippen LogP contribution in [-0.4, -0.2) is 26.3 Å². The zero-order chi connectivity index (χ0) is 10.1. The predicted molar refractivity (Wildman–Crippen MR) is 51.4 cm³/mol. The minimum atomic E-state index is -1.03. The summed E-state index contributed by atoms with van der Waals surface area (Å²) >= 11 is 1.49. The van der Waals surface area contributed by atoms with Gasteiger partial charge in [0.2, 0.25) is 0 Å². The number of hydrogen-bond acceptors (Lipinski definition) is 4. The van der Waals surface area contributed by atoms with Gasteiger partial charge in [-0.25, -0.2) is 9.78 Å². The second kappa shape index (κ2) is 3.22. The smallest absolute Gasteiger partial charge is 0.356 e. The molecule has 0 aliphatic rings. The van der Waals surface area contributed by atoms with Gasteiger partial charge in [-0.15, -0.1) is 11.3 Å². The Morgan fingerprint density at radius 1 is 1.64 bits per heavy atom. The minimum absolute atomic E-state index is 0.0195. The molecular formula is C8H7N3O2S. The zero-order valence-corrected chi connectivity index (χ0v) is 8.13. The molecule has 6 heteroatoms. The van der Waals surface area contributed by atoms with E-state index in [2.05, 4.69) is 15.2 Å². The van der Waals surface area contributed by atoms with Crippen molar-refractivity contribution in [3.05, 3.63) is 23.0 Å². The maximum absolute atomic E-state index is 10.6. The highest BCUT2D eigenvalue weighted by atomic mass is 32.1. The molecule has 0 amide bonds. The molecule has 0 radical (unpaired) electrons. The highest BCUT2D eigenvalue weighted by molar-refractivity contribution is 7.15. The molecule has 2 rings (SSSR count). The van der Waals surface area contributed by atoms with Crippen LogP contribution < -0.4 is 0 Å². The Morgan fingerprint density at radius 2 is 2.43 bits per heavy atom. The van der Waals surface area contributed by atoms with Gasteiger partial charge in [-0.3, -0.25) is 5.10 Å². The maximum atomic E-state index is 10.6. The van der Waals surface area contributed by atoms with Crippen LogP contribution in [0, 0.1) is 6.92 Å². The Labute approximate surface area is 83.4 Å². The number of nitrogens with one attached hydrogen (secondary N) is 1. The molecule has 2 heterocycles. The van der Waals surface area contributed by atoms with Gasteiger partial charge in [-0.1, -0.05) is 0 Å². The number of H-pyrrole nitrogens is 1. The van der Waals surface area contributed by atoms with Gasteiger partial charge < -0.3 is 5.11 Å². The van der Waals surface area contributed by atoms with E-state index in [-0.39, 0.29) is 5.69 Å². The van der Waals surface area contributed by atoms with Crippen LogP contribution in [0.3, 0.4) is 0 Å². The van der Waals surface area contributed by atoms with Crippen LogP contribution in [0.1, 0.15) is 15.5 Å². The number of aromatic amines is 1. The third kappa shape index (κ3) is 1.51. The first-order valence-corrected chi connectivity index (χ1v) is 4.70. The molecule has 0 aromatic carbocycles. The fraction of sp³-hybridized carbons (Fsp3) is 0.125. The lowest BCUT2D eigenvalue weighted by Gasteiger charge is -1.85. The Bertz CT molecular complexity index is 474. The van der Waals surface area contributed by atoms with E-state index in [1.807, 2.05) is 6.92 Å². The monoisotopic (exact) mass is 209 g/mol. The van der Waals surface area contributed by atoms with Gasteiger partial charge >= 0.3 is 5.97 Å². The minimum Gasteiger partial charge on any atom is -0.476 e. The van der Waals surface area contributed by atoms with Crippen molar-refractivity contribution < 1.29 is 9.90 Å². The number of hydrogen-bond donors (Lipinski definition) is 2. The maximum Gasteiger partial charge on any atom is 0.356 e. The Morgan fingerprint density at radius 3 is 2.93 bits per heavy atom. The summed E-state index contributed by atoms with van der Waals surface area (Å²) in [5, 5.41) is 15.9. The molecule has 0 spiro atoms. The summed E-state index contributed by atoms with van der Waals surface area (Å²) in [6.45, 7) is 1.89. The van der Waals surface area contributed by atoms with E-state index >= 15 is 0 Å². The third-order valence-corrected chi connectivity index (χ3v) is 2.63. The summed E-state index contributed by atoms with van der Waals surface area (Å²) in [5.74, 6) is -1.03. The summed E-state index contributed by atoms with van der Waals surface area (Å²) in [7, 11) is 0. The zero-order valence-electron chi connectivity index (χ0n) is 7.31. The topological polar surface area (TPSA) is 78.9 Å². The molecule has 72 valence electrons. The van der Waals surface area contributed by atoms with Crippen LogP contribution in [0.25, 0.3) is 10.6 Å². The van der Waals surface area contributed by atoms with Crippen molar-refractivity contribution >= 4 is 17.3 Å². The molecule has 0 aliphatic carbocycles. The number of carbonyl (C=O) groups is 1. The van der Waals surface area contributed by atoms with Gasteiger partial charge in [0.25, 0.3) is 0 Å². The molecule has 0 bridgehead atoms. The lowest BCUT2D eigenvalue weighted by Crippen LogP contribution is -1.95. The average molecular weight is 209 g/mol. The second-order valence-corrected chi connectivity index (χ2v) is 3.95. The number of aromatic carboxylic acids is 1. The SMILES string of the molecule is Cc1ncc(-c2cc(C(=O)O)n[nH]2)s1. The Balaban J connectivity index is 2.38. The van der Waals surface area contributed by atoms with Crippen LogP contribution in [0.5, 0.6) is 0 Å². The summed E-state index contributed by atoms with van der Waals surface area (Å²) in [6.07, 6.45) is 1.69. The van der Waals surface area contributed by atoms with Crippen molar-refractivity contribution in [2.45, 2.75) is 6.92 Å². The Hall–Kier alpha value is -1.69. The van der Waals surface area contributed by atoms with Crippen molar-refractivity contribution in [2.24, 2.45) is 0 Å². The van der Waals surface area contributed by atoms with Gasteiger partial charge in [0, 0.05) is 6.20 Å². The van der Waals surface area contributed by atoms with Crippen LogP contribution in [-0.2, 0) is 0 Å². The van der Waals surface area contributed by atoms with E-state index in [1.54, 1.807) is 6.20 Å². The van der Waals surface area contributed by atoms with Crippen molar-refractivity contribution in [1.82, 2.24) is 15.2 Å². The average Bonchev–Trinajstić information content (AvgIpc) is 2.70. The molecule has 2 aromatic rings. The van der Waals surface area contributed by atoms with Gasteiger partial charge in [-0.2, -0.15) is 5.10 Å². The quantitative estimate of drug-likeness (QED) is 0.786. The summed E-state index contributed by atoms with van der Waals surface area (Å²) < 4.78 is 0. The number of aryl methyl sites for hydroxylation is 1. The fourth-order valence-electron chi connectivity index (χ4n) is 1.04. The number of carboxylic acids is 1. The standard InChI is InChI=1S/C8H7N3O2S/c1-4-9-3-7(14-4)5-2-6(8(12)13)11-10-5/h2-3H,1H3,(H,10,11)(H,12,13). The van der Waals surface area contributed by atoms with E-state index in [0.29, 0.717) is 5.69 Å². The van der Waals surface area contributed by atoms with Gasteiger partial charge in [0.1, 0.15) is 0 Å². The van der Waals surface area contributed by atoms with Crippen molar-refractivity contribution in [1.29, 1.82) is 0 Å². The van der Waals surface area contributed by atoms with Crippen LogP contribution >= 0.6 is 11.3 Å². The largest absolute Gasteiger partial charge is 0.476 e. The van der Waals surface area contributed by atoms with E-state index in [4.69, 9.17) is 5.11 Å². The summed E-state index contributed by atoms with van der Waals surface area (Å²) in [5.41, 5.74) is 0.707. The summed E-state index contributed by atoms with van der Waals surface area (Å²) in [6, 6.07) is 1.50. The van der Waals surface area contributed by atoms with Gasteiger partial charge in [0.15, 0.2) is 5.69 Å². The van der Waals surface area contributed by atoms with Gasteiger partial charge in [0.05, 0.1) is 15.6 Å². The molecule has 14 heavy (non-hydrogen) atoms. The Kier molecular flexibility index (Phi) is 2.05. The highest BCUT2D eigenvalue weighted by Crippen LogP contribution is 2.24. The first kappa shape index (κ1) is 8.89.